The zero-order valence-corrected chi connectivity index (χ0v) is 11.0. The summed E-state index contributed by atoms with van der Waals surface area (Å²) in [6, 6.07) is 0. The molecule has 0 spiro atoms. The maximum absolute atomic E-state index is 5.95. The second-order valence-corrected chi connectivity index (χ2v) is 4.81. The highest BCUT2D eigenvalue weighted by molar-refractivity contribution is 8.18. The van der Waals surface area contributed by atoms with Crippen LogP contribution >= 0.6 is 0 Å². The summed E-state index contributed by atoms with van der Waals surface area (Å²) in [7, 11) is 58.4. The van der Waals surface area contributed by atoms with Gasteiger partial charge in [-0.1, -0.05) is 0 Å². The Morgan fingerprint density at radius 3 is 1.32 bits per heavy atom. The van der Waals surface area contributed by atoms with Crippen LogP contribution in [0.4, 0.5) is 0 Å². The summed E-state index contributed by atoms with van der Waals surface area (Å²) in [6.45, 7) is 0. The summed E-state index contributed by atoms with van der Waals surface area (Å²) in [5.74, 6) is 0. The average Bonchev–Trinajstić information content (AvgIpc) is 2.24. The first-order valence-corrected chi connectivity index (χ1v) is 6.00. The zero-order chi connectivity index (χ0) is 15.3. The lowest BCUT2D eigenvalue weighted by atomic mass is 8.40. The fourth-order valence-corrected chi connectivity index (χ4v) is 2.44. The highest BCUT2D eigenvalue weighted by Gasteiger charge is 2.35. The molecule has 19 heavy (non-hydrogen) atoms. The molecule has 0 amide bonds. The smallest absolute Gasteiger partial charge is 0.0000000495 e. The average molecular weight is 205 g/mol. The van der Waals surface area contributed by atoms with E-state index in [0.29, 0.717) is 0 Å². The lowest BCUT2D eigenvalue weighted by Crippen LogP contribution is -2.79. The second-order valence-electron chi connectivity index (χ2n) is 4.81. The van der Waals surface area contributed by atoms with Crippen LogP contribution in [0.3, 0.4) is 0 Å². The Kier molecular flexibility index (Phi) is 9.90. The molecule has 0 aromatic rings. The Hall–Kier alpha value is 1.23. The van der Waals surface area contributed by atoms with Gasteiger partial charge in [-0.25, -0.2) is 6.39 Å². The van der Waals surface area contributed by atoms with E-state index in [1.54, 1.807) is 0 Å². The third-order valence-electron chi connectivity index (χ3n) is 3.33. The predicted octanol–water partition coefficient (Wildman–Crippen LogP) is -7.24. The summed E-state index contributed by atoms with van der Waals surface area (Å²) in [5.41, 5.74) is 0. The zero-order valence-electron chi connectivity index (χ0n) is 11.0. The van der Waals surface area contributed by atoms with Crippen molar-refractivity contribution in [2.45, 2.75) is 0 Å². The van der Waals surface area contributed by atoms with Crippen LogP contribution in [0.15, 0.2) is 0 Å². The second kappa shape index (κ2) is 9.29. The van der Waals surface area contributed by atoms with Crippen molar-refractivity contribution in [1.29, 1.82) is 0 Å². The number of rotatable bonds is 8. The first-order chi connectivity index (χ1) is 8.64. The van der Waals surface area contributed by atoms with Gasteiger partial charge < -0.3 is 37.3 Å². The maximum atomic E-state index is 5.95. The topological polar surface area (TPSA) is 0 Å². The molecule has 25 radical (unpaired) electrons. The molecule has 0 heterocycles. The van der Waals surface area contributed by atoms with Crippen molar-refractivity contribution in [2.75, 3.05) is 0 Å². The largest absolute Gasteiger partial charge is 0.729 e. The van der Waals surface area contributed by atoms with Crippen LogP contribution in [0.1, 0.15) is 0 Å². The molecule has 0 atom stereocenters. The number of hydrogen-bond acceptors (Lipinski definition) is 0. The summed E-state index contributed by atoms with van der Waals surface area (Å²) in [6.07, 6.45) is -5.72. The summed E-state index contributed by atoms with van der Waals surface area (Å²) < 4.78 is 0. The van der Waals surface area contributed by atoms with Crippen molar-refractivity contribution in [3.63, 3.8) is 0 Å². The van der Waals surface area contributed by atoms with Crippen LogP contribution in [0.5, 0.6) is 0 Å². The molecule has 0 unspecified atom stereocenters. The molecular weight excluding hydrogens is 205 g/mol. The molecular formula is B19-4. The molecule has 0 aliphatic heterocycles. The minimum Gasteiger partial charge on any atom is -0.729 e. The molecule has 19 heteroatoms. The van der Waals surface area contributed by atoms with Crippen LogP contribution in [-0.2, 0) is 0 Å². The highest BCUT2D eigenvalue weighted by atomic mass is 13.2. The normalized spacial score (nSPS) is 9.26. The number of hydrogen-bond donors (Lipinski definition) is 0. The van der Waals surface area contributed by atoms with E-state index in [1.807, 2.05) is 0 Å². The van der Waals surface area contributed by atoms with Crippen LogP contribution in [0.2, 0.25) is 0 Å². The molecule has 0 fully saturated rings. The quantitative estimate of drug-likeness (QED) is 0.346. The fraction of sp³-hybridized carbons (Fsp3) is 0. The van der Waals surface area contributed by atoms with E-state index < -0.39 is 51.1 Å². The Bertz CT molecular complexity index is 188. The van der Waals surface area contributed by atoms with E-state index in [9.17, 15) is 0 Å². The van der Waals surface area contributed by atoms with Crippen molar-refractivity contribution in [1.82, 2.24) is 0 Å². The Balaban J connectivity index is 5.50. The third kappa shape index (κ3) is 5.86. The van der Waals surface area contributed by atoms with Gasteiger partial charge in [-0.3, -0.25) is 7.06 Å². The molecule has 0 nitrogen and oxygen atoms in total. The van der Waals surface area contributed by atoms with Gasteiger partial charge in [0.2, 0.25) is 0 Å². The third-order valence-corrected chi connectivity index (χ3v) is 3.33. The highest BCUT2D eigenvalue weighted by Crippen LogP contribution is 2.04. The first kappa shape index (κ1) is 20.2. The molecule has 0 aliphatic carbocycles. The van der Waals surface area contributed by atoms with Crippen LogP contribution in [-0.4, -0.2) is 136 Å². The minimum absolute atomic E-state index is 0.537. The van der Waals surface area contributed by atoms with Gasteiger partial charge in [0.15, 0.2) is 0 Å². The molecule has 0 aliphatic rings. The van der Waals surface area contributed by atoms with Crippen molar-refractivity contribution in [2.24, 2.45) is 0 Å². The van der Waals surface area contributed by atoms with Gasteiger partial charge in [-0.15, -0.1) is 6.39 Å². The predicted molar refractivity (Wildman–Crippen MR) is 109 cm³/mol. The van der Waals surface area contributed by atoms with Gasteiger partial charge in [0.1, 0.15) is 0 Å². The van der Waals surface area contributed by atoms with Crippen molar-refractivity contribution < 1.29 is 0 Å². The van der Waals surface area contributed by atoms with Gasteiger partial charge in [0.05, 0.1) is 0 Å². The van der Waals surface area contributed by atoms with Crippen LogP contribution in [0.25, 0.3) is 0 Å². The molecule has 0 bridgehead atoms. The standard InChI is InChI=1S/B19/c1-11-16(10)19(17(12(2)3)13(4)5)18(14(6)7)15(8)9/q-4. The van der Waals surface area contributed by atoms with E-state index in [2.05, 4.69) is 0 Å². The lowest BCUT2D eigenvalue weighted by molar-refractivity contribution is 3.34. The van der Waals surface area contributed by atoms with E-state index in [0.717, 1.165) is 0 Å². The molecule has 0 aromatic carbocycles. The van der Waals surface area contributed by atoms with E-state index in [4.69, 9.17) is 77.4 Å². The molecule has 0 saturated heterocycles. The lowest BCUT2D eigenvalue weighted by Gasteiger charge is -2.58. The van der Waals surface area contributed by atoms with Gasteiger partial charge in [0, 0.05) is 0 Å². The van der Waals surface area contributed by atoms with Crippen molar-refractivity contribution in [3.05, 3.63) is 0 Å². The molecule has 0 N–H and O–H groups in total. The Labute approximate surface area is 135 Å². The summed E-state index contributed by atoms with van der Waals surface area (Å²) in [4.78, 5) is 0. The molecule has 0 saturated carbocycles. The van der Waals surface area contributed by atoms with E-state index in [1.165, 1.54) is 7.06 Å². The van der Waals surface area contributed by atoms with Crippen LogP contribution < -0.4 is 0 Å². The Morgan fingerprint density at radius 2 is 1.11 bits per heavy atom. The summed E-state index contributed by atoms with van der Waals surface area (Å²) in [5, 5.41) is 0. The molecule has 0 rings (SSSR count). The maximum Gasteiger partial charge on any atom is -0.0000000495 e. The Morgan fingerprint density at radius 1 is 0.684 bits per heavy atom. The van der Waals surface area contributed by atoms with E-state index >= 15 is 0 Å². The monoisotopic (exact) mass is 209 g/mol. The van der Waals surface area contributed by atoms with Crippen molar-refractivity contribution >= 4 is 136 Å². The van der Waals surface area contributed by atoms with Crippen LogP contribution in [0, 0.1) is 0 Å². The SMILES string of the molecule is [B]B([B])B(B([B])[B])B(B([B])[B][B-])B(B([B])[B-])B([B-])[B-]. The minimum atomic E-state index is -0.837. The van der Waals surface area contributed by atoms with Gasteiger partial charge in [0.25, 0.3) is 0 Å². The van der Waals surface area contributed by atoms with Gasteiger partial charge >= 0.3 is 0 Å². The fourth-order valence-electron chi connectivity index (χ4n) is 2.44. The van der Waals surface area contributed by atoms with Crippen molar-refractivity contribution in [3.8, 4) is 0 Å². The molecule has 61 valence electrons. The first-order valence-electron chi connectivity index (χ1n) is 6.00. The van der Waals surface area contributed by atoms with Gasteiger partial charge in [-0.2, -0.15) is 0 Å². The molecule has 0 aromatic heterocycles. The summed E-state index contributed by atoms with van der Waals surface area (Å²) >= 11 is 0. The van der Waals surface area contributed by atoms with Gasteiger partial charge in [-0.05, 0) is 78.3 Å². The van der Waals surface area contributed by atoms with E-state index in [-0.39, 0.29) is 0 Å².